The molecular formula is C24H33NO4. The van der Waals surface area contributed by atoms with Gasteiger partial charge in [-0.3, -0.25) is 9.59 Å². The Morgan fingerprint density at radius 2 is 1.79 bits per heavy atom. The molecule has 0 spiro atoms. The predicted molar refractivity (Wildman–Crippen MR) is 109 cm³/mol. The molecule has 4 bridgehead atoms. The molecule has 0 radical (unpaired) electrons. The molecule has 0 amide bonds. The summed E-state index contributed by atoms with van der Waals surface area (Å²) < 4.78 is 13.5. The minimum Gasteiger partial charge on any atom is -0.457 e. The van der Waals surface area contributed by atoms with Gasteiger partial charge in [-0.1, -0.05) is 0 Å². The fourth-order valence-corrected chi connectivity index (χ4v) is 6.98. The van der Waals surface area contributed by atoms with Gasteiger partial charge in [-0.25, -0.2) is 0 Å². The molecule has 0 N–H and O–H groups in total. The molecule has 158 valence electrons. The average Bonchev–Trinajstić information content (AvgIpc) is 3.29. The van der Waals surface area contributed by atoms with Gasteiger partial charge >= 0.3 is 5.97 Å². The number of nitrogens with zero attached hydrogens (tertiary/aromatic N) is 1. The number of ketones is 1. The largest absolute Gasteiger partial charge is 0.457 e. The second kappa shape index (κ2) is 7.57. The molecule has 0 unspecified atom stereocenters. The number of Topliss-reactive ketones (excluding diaryl/α,β-unsaturated/α-hetero) is 1. The first kappa shape index (κ1) is 19.3. The first-order chi connectivity index (χ1) is 14.0. The molecule has 5 aliphatic rings. The number of rotatable bonds is 6. The molecule has 4 aliphatic carbocycles. The van der Waals surface area contributed by atoms with Gasteiger partial charge in [-0.05, 0) is 88.5 Å². The monoisotopic (exact) mass is 399 g/mol. The normalized spacial score (nSPS) is 35.2. The van der Waals surface area contributed by atoms with E-state index >= 15 is 0 Å². The Morgan fingerprint density at radius 3 is 2.41 bits per heavy atom. The van der Waals surface area contributed by atoms with Crippen LogP contribution in [0.25, 0.3) is 0 Å². The van der Waals surface area contributed by atoms with Gasteiger partial charge in [0.1, 0.15) is 0 Å². The van der Waals surface area contributed by atoms with Crippen LogP contribution < -0.4 is 0 Å². The number of carbonyl (C=O) groups is 2. The number of carbonyl (C=O) groups excluding carboxylic acids is 2. The van der Waals surface area contributed by atoms with Crippen molar-refractivity contribution >= 4 is 11.8 Å². The Bertz CT molecular complexity index is 776. The van der Waals surface area contributed by atoms with Crippen molar-refractivity contribution in [2.24, 2.45) is 29.6 Å². The summed E-state index contributed by atoms with van der Waals surface area (Å²) in [6.45, 7) is 5.49. The lowest BCUT2D eigenvalue weighted by Crippen LogP contribution is -2.48. The molecule has 1 aliphatic heterocycles. The third-order valence-electron chi connectivity index (χ3n) is 8.13. The van der Waals surface area contributed by atoms with Crippen molar-refractivity contribution in [2.45, 2.75) is 71.4 Å². The molecule has 1 atom stereocenters. The van der Waals surface area contributed by atoms with Crippen molar-refractivity contribution in [1.82, 2.24) is 4.57 Å². The summed E-state index contributed by atoms with van der Waals surface area (Å²) >= 11 is 0. The topological polar surface area (TPSA) is 57.5 Å². The summed E-state index contributed by atoms with van der Waals surface area (Å²) in [5.41, 5.74) is 2.70. The van der Waals surface area contributed by atoms with Crippen molar-refractivity contribution in [2.75, 3.05) is 13.2 Å². The molecule has 4 saturated carbocycles. The highest BCUT2D eigenvalue weighted by atomic mass is 16.5. The Labute approximate surface area is 173 Å². The Balaban J connectivity index is 1.21. The van der Waals surface area contributed by atoms with Gasteiger partial charge in [0.15, 0.2) is 6.61 Å². The molecule has 1 saturated heterocycles. The van der Waals surface area contributed by atoms with Gasteiger partial charge in [0.05, 0.1) is 12.0 Å². The second-order valence-electron chi connectivity index (χ2n) is 10.0. The standard InChI is InChI=1S/C24H33NO4/c1-14-6-21(15(2)25(14)12-20-4-3-5-28-20)22(26)13-29-24(27)23-18-8-16-7-17(10-18)11-19(23)9-16/h6,16-20,23H,3-5,7-13H2,1-2H3/t16?,17?,18?,19?,20-,23?/m1/s1. The van der Waals surface area contributed by atoms with Crippen LogP contribution in [0.1, 0.15) is 66.7 Å². The minimum atomic E-state index is -0.133. The van der Waals surface area contributed by atoms with Gasteiger partial charge in [0.25, 0.3) is 0 Å². The van der Waals surface area contributed by atoms with Gasteiger partial charge < -0.3 is 14.0 Å². The van der Waals surface area contributed by atoms with E-state index < -0.39 is 0 Å². The van der Waals surface area contributed by atoms with Gasteiger partial charge in [0.2, 0.25) is 5.78 Å². The minimum absolute atomic E-state index is 0.0301. The van der Waals surface area contributed by atoms with E-state index in [2.05, 4.69) is 4.57 Å². The van der Waals surface area contributed by atoms with Gasteiger partial charge in [-0.15, -0.1) is 0 Å². The van der Waals surface area contributed by atoms with E-state index in [1.165, 1.54) is 32.1 Å². The van der Waals surface area contributed by atoms with E-state index in [0.29, 0.717) is 17.4 Å². The Kier molecular flexibility index (Phi) is 5.05. The SMILES string of the molecule is Cc1cc(C(=O)COC(=O)C2C3CC4CC(C3)CC2C4)c(C)n1C[C@H]1CCCO1. The van der Waals surface area contributed by atoms with E-state index in [9.17, 15) is 9.59 Å². The van der Waals surface area contributed by atoms with Crippen molar-refractivity contribution < 1.29 is 19.1 Å². The molecule has 0 aromatic carbocycles. The highest BCUT2D eigenvalue weighted by Crippen LogP contribution is 2.56. The smallest absolute Gasteiger partial charge is 0.309 e. The van der Waals surface area contributed by atoms with Gasteiger partial charge in [-0.2, -0.15) is 0 Å². The summed E-state index contributed by atoms with van der Waals surface area (Å²) in [5, 5.41) is 0. The molecule has 6 rings (SSSR count). The summed E-state index contributed by atoms with van der Waals surface area (Å²) in [7, 11) is 0. The maximum atomic E-state index is 12.9. The molecule has 2 heterocycles. The van der Waals surface area contributed by atoms with E-state index in [-0.39, 0.29) is 30.4 Å². The van der Waals surface area contributed by atoms with E-state index in [1.807, 2.05) is 19.9 Å². The maximum Gasteiger partial charge on any atom is 0.309 e. The molecule has 5 fully saturated rings. The van der Waals surface area contributed by atoms with Crippen LogP contribution >= 0.6 is 0 Å². The zero-order valence-electron chi connectivity index (χ0n) is 17.7. The highest BCUT2D eigenvalue weighted by Gasteiger charge is 2.51. The zero-order chi connectivity index (χ0) is 20.1. The second-order valence-corrected chi connectivity index (χ2v) is 10.0. The van der Waals surface area contributed by atoms with Crippen molar-refractivity contribution in [1.29, 1.82) is 0 Å². The molecule has 5 heteroatoms. The first-order valence-electron chi connectivity index (χ1n) is 11.5. The number of ether oxygens (including phenoxy) is 2. The first-order valence-corrected chi connectivity index (χ1v) is 11.5. The molecule has 5 nitrogen and oxygen atoms in total. The predicted octanol–water partition coefficient (Wildman–Crippen LogP) is 4.08. The van der Waals surface area contributed by atoms with Crippen LogP contribution in [0.2, 0.25) is 0 Å². The lowest BCUT2D eigenvalue weighted by molar-refractivity contribution is -0.161. The highest BCUT2D eigenvalue weighted by molar-refractivity contribution is 5.99. The Morgan fingerprint density at radius 1 is 1.10 bits per heavy atom. The van der Waals surface area contributed by atoms with Gasteiger partial charge in [0, 0.05) is 30.1 Å². The van der Waals surface area contributed by atoms with E-state index in [0.717, 1.165) is 49.2 Å². The van der Waals surface area contributed by atoms with Crippen molar-refractivity contribution in [3.63, 3.8) is 0 Å². The lowest BCUT2D eigenvalue weighted by Gasteiger charge is -2.53. The number of aromatic nitrogens is 1. The fourth-order valence-electron chi connectivity index (χ4n) is 6.98. The molecule has 1 aromatic heterocycles. The third-order valence-corrected chi connectivity index (χ3v) is 8.13. The Hall–Kier alpha value is -1.62. The molecule has 29 heavy (non-hydrogen) atoms. The van der Waals surface area contributed by atoms with Crippen LogP contribution in [0.3, 0.4) is 0 Å². The van der Waals surface area contributed by atoms with Crippen LogP contribution in [0.15, 0.2) is 6.07 Å². The van der Waals surface area contributed by atoms with Crippen LogP contribution in [0, 0.1) is 43.4 Å². The summed E-state index contributed by atoms with van der Waals surface area (Å²) in [4.78, 5) is 25.7. The third kappa shape index (κ3) is 3.56. The maximum absolute atomic E-state index is 12.9. The van der Waals surface area contributed by atoms with Crippen LogP contribution in [-0.2, 0) is 20.8 Å². The van der Waals surface area contributed by atoms with E-state index in [1.54, 1.807) is 0 Å². The number of aryl methyl sites for hydroxylation is 1. The van der Waals surface area contributed by atoms with E-state index in [4.69, 9.17) is 9.47 Å². The lowest BCUT2D eigenvalue weighted by atomic mass is 9.52. The average molecular weight is 400 g/mol. The summed E-state index contributed by atoms with van der Waals surface area (Å²) in [6, 6.07) is 1.93. The summed E-state index contributed by atoms with van der Waals surface area (Å²) in [5.74, 6) is 2.46. The number of esters is 1. The molecular weight excluding hydrogens is 366 g/mol. The number of hydrogen-bond acceptors (Lipinski definition) is 4. The fraction of sp³-hybridized carbons (Fsp3) is 0.750. The van der Waals surface area contributed by atoms with Crippen LogP contribution in [0.5, 0.6) is 0 Å². The number of hydrogen-bond donors (Lipinski definition) is 0. The summed E-state index contributed by atoms with van der Waals surface area (Å²) in [6.07, 6.45) is 8.53. The van der Waals surface area contributed by atoms with Crippen LogP contribution in [0.4, 0.5) is 0 Å². The molecule has 1 aromatic rings. The van der Waals surface area contributed by atoms with Crippen molar-refractivity contribution in [3.05, 3.63) is 23.0 Å². The van der Waals surface area contributed by atoms with Crippen LogP contribution in [-0.4, -0.2) is 35.6 Å². The quantitative estimate of drug-likeness (QED) is 0.534. The van der Waals surface area contributed by atoms with Crippen molar-refractivity contribution in [3.8, 4) is 0 Å². The zero-order valence-corrected chi connectivity index (χ0v) is 17.7.